The van der Waals surface area contributed by atoms with Crippen LogP contribution in [0.15, 0.2) is 102 Å². The molecule has 6 heteroatoms. The third kappa shape index (κ3) is 5.19. The number of halogens is 1. The molecule has 0 unspecified atom stereocenters. The number of nitrogens with one attached hydrogen (secondary N) is 1. The first-order valence-electron chi connectivity index (χ1n) is 9.65. The first kappa shape index (κ1) is 20.0. The molecule has 3 aromatic carbocycles. The van der Waals surface area contributed by atoms with Gasteiger partial charge in [0, 0.05) is 17.3 Å². The van der Waals surface area contributed by atoms with Crippen LogP contribution < -0.4 is 5.43 Å². The summed E-state index contributed by atoms with van der Waals surface area (Å²) in [6.45, 7) is 0. The molecule has 0 bridgehead atoms. The van der Waals surface area contributed by atoms with Crippen molar-refractivity contribution in [1.82, 2.24) is 15.2 Å². The molecule has 1 amide bonds. The highest BCUT2D eigenvalue weighted by Crippen LogP contribution is 2.19. The third-order valence-corrected chi connectivity index (χ3v) is 4.51. The number of benzene rings is 3. The Morgan fingerprint density at radius 3 is 2.29 bits per heavy atom. The van der Waals surface area contributed by atoms with Crippen LogP contribution in [0.25, 0.3) is 17.3 Å². The largest absolute Gasteiger partial charge is 0.271 e. The van der Waals surface area contributed by atoms with Crippen molar-refractivity contribution in [3.05, 3.63) is 120 Å². The summed E-state index contributed by atoms with van der Waals surface area (Å²) in [5, 5.41) is 8.38. The lowest BCUT2D eigenvalue weighted by Crippen LogP contribution is -2.19. The maximum Gasteiger partial charge on any atom is 0.271 e. The molecule has 0 atom stereocenters. The lowest BCUT2D eigenvalue weighted by atomic mass is 10.0. The van der Waals surface area contributed by atoms with E-state index in [0.717, 1.165) is 16.8 Å². The van der Waals surface area contributed by atoms with Gasteiger partial charge >= 0.3 is 0 Å². The van der Waals surface area contributed by atoms with Crippen molar-refractivity contribution in [1.29, 1.82) is 0 Å². The van der Waals surface area contributed by atoms with Crippen LogP contribution in [0.4, 0.5) is 4.39 Å². The number of amides is 1. The van der Waals surface area contributed by atoms with Crippen LogP contribution in [-0.2, 0) is 4.79 Å². The molecule has 0 saturated heterocycles. The van der Waals surface area contributed by atoms with Gasteiger partial charge in [-0.3, -0.25) is 4.79 Å². The highest BCUT2D eigenvalue weighted by atomic mass is 19.1. The van der Waals surface area contributed by atoms with Gasteiger partial charge < -0.3 is 0 Å². The maximum atomic E-state index is 13.0. The summed E-state index contributed by atoms with van der Waals surface area (Å²) in [5.74, 6) is -0.691. The summed E-state index contributed by atoms with van der Waals surface area (Å²) >= 11 is 0. The van der Waals surface area contributed by atoms with Crippen molar-refractivity contribution in [3.63, 3.8) is 0 Å². The molecule has 4 rings (SSSR count). The van der Waals surface area contributed by atoms with Crippen LogP contribution in [-0.4, -0.2) is 21.9 Å². The number of hydrogen-bond acceptors (Lipinski definition) is 3. The van der Waals surface area contributed by atoms with Crippen molar-refractivity contribution in [2.75, 3.05) is 0 Å². The second kappa shape index (κ2) is 9.45. The molecule has 0 radical (unpaired) electrons. The van der Waals surface area contributed by atoms with Crippen LogP contribution in [0, 0.1) is 5.82 Å². The molecule has 152 valence electrons. The molecule has 0 aliphatic rings. The van der Waals surface area contributed by atoms with Gasteiger partial charge in [-0.15, -0.1) is 0 Å². The summed E-state index contributed by atoms with van der Waals surface area (Å²) in [6, 6.07) is 24.9. The number of aromatic nitrogens is 2. The van der Waals surface area contributed by atoms with Gasteiger partial charge in [0.25, 0.3) is 5.91 Å². The molecule has 0 aliphatic carbocycles. The molecular formula is C25H19FN4O. The van der Waals surface area contributed by atoms with E-state index in [2.05, 4.69) is 15.6 Å². The first-order chi connectivity index (χ1) is 15.2. The first-order valence-corrected chi connectivity index (χ1v) is 9.65. The second-order valence-corrected chi connectivity index (χ2v) is 6.73. The summed E-state index contributed by atoms with van der Waals surface area (Å²) in [6.07, 6.45) is 6.79. The smallest absolute Gasteiger partial charge is 0.267 e. The molecule has 0 saturated carbocycles. The van der Waals surface area contributed by atoms with E-state index in [9.17, 15) is 9.18 Å². The molecular weight excluding hydrogens is 391 g/mol. The normalized spacial score (nSPS) is 11.6. The zero-order valence-corrected chi connectivity index (χ0v) is 16.5. The molecule has 1 N–H and O–H groups in total. The van der Waals surface area contributed by atoms with Crippen LogP contribution in [0.5, 0.6) is 0 Å². The number of hydrogen-bond donors (Lipinski definition) is 1. The van der Waals surface area contributed by atoms with E-state index in [1.165, 1.54) is 18.3 Å². The van der Waals surface area contributed by atoms with Crippen LogP contribution >= 0.6 is 0 Å². The molecule has 1 heterocycles. The van der Waals surface area contributed by atoms with Crippen LogP contribution in [0.2, 0.25) is 0 Å². The summed E-state index contributed by atoms with van der Waals surface area (Å²) in [5.41, 5.74) is 6.13. The lowest BCUT2D eigenvalue weighted by Gasteiger charge is -2.06. The predicted molar refractivity (Wildman–Crippen MR) is 120 cm³/mol. The molecule has 0 aliphatic heterocycles. The number of nitrogens with zero attached hydrogens (tertiary/aromatic N) is 3. The van der Waals surface area contributed by atoms with E-state index in [1.54, 1.807) is 29.1 Å². The fourth-order valence-corrected chi connectivity index (χ4v) is 2.97. The monoisotopic (exact) mass is 410 g/mol. The molecule has 31 heavy (non-hydrogen) atoms. The van der Waals surface area contributed by atoms with Gasteiger partial charge in [-0.05, 0) is 41.5 Å². The number of hydrazone groups is 1. The Morgan fingerprint density at radius 1 is 0.903 bits per heavy atom. The average molecular weight is 410 g/mol. The summed E-state index contributed by atoms with van der Waals surface area (Å²) < 4.78 is 14.8. The Morgan fingerprint density at radius 2 is 1.58 bits per heavy atom. The number of para-hydroxylation sites is 1. The molecule has 1 aromatic heterocycles. The quantitative estimate of drug-likeness (QED) is 0.285. The van der Waals surface area contributed by atoms with Gasteiger partial charge in [0.05, 0.1) is 18.1 Å². The lowest BCUT2D eigenvalue weighted by molar-refractivity contribution is -0.115. The van der Waals surface area contributed by atoms with Crippen molar-refractivity contribution < 1.29 is 9.18 Å². The van der Waals surface area contributed by atoms with E-state index >= 15 is 0 Å². The van der Waals surface area contributed by atoms with Gasteiger partial charge in [-0.2, -0.15) is 10.2 Å². The number of carbonyl (C=O) groups excluding carboxylic acids is 1. The second-order valence-electron chi connectivity index (χ2n) is 6.73. The predicted octanol–water partition coefficient (Wildman–Crippen LogP) is 4.70. The standard InChI is InChI=1S/C25H19FN4O/c26-22-13-11-19(12-14-22)16-27-29-25(31)24(21-7-3-1-4-8-21)15-20-17-28-30(18-20)23-9-5-2-6-10-23/h1-18H,(H,29,31)/b24-15+,27-16+. The minimum Gasteiger partial charge on any atom is -0.267 e. The highest BCUT2D eigenvalue weighted by Gasteiger charge is 2.12. The minimum atomic E-state index is -0.364. The fourth-order valence-electron chi connectivity index (χ4n) is 2.97. The van der Waals surface area contributed by atoms with Crippen molar-refractivity contribution >= 4 is 23.8 Å². The Hall–Kier alpha value is -4.32. The number of rotatable bonds is 6. The highest BCUT2D eigenvalue weighted by molar-refractivity contribution is 6.24. The maximum absolute atomic E-state index is 13.0. The third-order valence-electron chi connectivity index (χ3n) is 4.51. The van der Waals surface area contributed by atoms with Crippen LogP contribution in [0.3, 0.4) is 0 Å². The Kier molecular flexibility index (Phi) is 6.09. The molecule has 4 aromatic rings. The Bertz CT molecular complexity index is 1210. The van der Waals surface area contributed by atoms with Gasteiger partial charge in [0.2, 0.25) is 0 Å². The Labute approximate surface area is 179 Å². The Balaban J connectivity index is 1.58. The zero-order valence-electron chi connectivity index (χ0n) is 16.5. The van der Waals surface area contributed by atoms with Gasteiger partial charge in [-0.1, -0.05) is 60.7 Å². The van der Waals surface area contributed by atoms with E-state index in [0.29, 0.717) is 11.1 Å². The zero-order chi connectivity index (χ0) is 21.5. The summed E-state index contributed by atoms with van der Waals surface area (Å²) in [7, 11) is 0. The van der Waals surface area contributed by atoms with Crippen molar-refractivity contribution in [3.8, 4) is 5.69 Å². The topological polar surface area (TPSA) is 59.3 Å². The average Bonchev–Trinajstić information content (AvgIpc) is 3.29. The van der Waals surface area contributed by atoms with E-state index in [4.69, 9.17) is 0 Å². The minimum absolute atomic E-state index is 0.327. The van der Waals surface area contributed by atoms with Crippen molar-refractivity contribution in [2.45, 2.75) is 0 Å². The number of carbonyl (C=O) groups is 1. The van der Waals surface area contributed by atoms with E-state index in [1.807, 2.05) is 66.9 Å². The molecule has 0 spiro atoms. The van der Waals surface area contributed by atoms with Gasteiger partial charge in [-0.25, -0.2) is 14.5 Å². The van der Waals surface area contributed by atoms with E-state index < -0.39 is 0 Å². The summed E-state index contributed by atoms with van der Waals surface area (Å²) in [4.78, 5) is 12.9. The molecule has 5 nitrogen and oxygen atoms in total. The molecule has 0 fully saturated rings. The SMILES string of the molecule is O=C(N/N=C/c1ccc(F)cc1)/C(=C/c1cnn(-c2ccccc2)c1)c1ccccc1. The van der Waals surface area contributed by atoms with Crippen molar-refractivity contribution in [2.24, 2.45) is 5.10 Å². The van der Waals surface area contributed by atoms with E-state index in [-0.39, 0.29) is 11.7 Å². The van der Waals surface area contributed by atoms with Gasteiger partial charge in [0.1, 0.15) is 5.82 Å². The fraction of sp³-hybridized carbons (Fsp3) is 0. The van der Waals surface area contributed by atoms with Gasteiger partial charge in [0.15, 0.2) is 0 Å². The van der Waals surface area contributed by atoms with Crippen LogP contribution in [0.1, 0.15) is 16.7 Å².